The molecule has 0 fully saturated rings. The van der Waals surface area contributed by atoms with Crippen molar-refractivity contribution in [1.82, 2.24) is 4.98 Å². The fourth-order valence-electron chi connectivity index (χ4n) is 1.99. The van der Waals surface area contributed by atoms with Crippen LogP contribution in [0.15, 0.2) is 36.5 Å². The van der Waals surface area contributed by atoms with Gasteiger partial charge in [0.15, 0.2) is 0 Å². The summed E-state index contributed by atoms with van der Waals surface area (Å²) in [6, 6.07) is 8.97. The molecule has 106 valence electrons. The highest BCUT2D eigenvalue weighted by Gasteiger charge is 2.22. The van der Waals surface area contributed by atoms with E-state index in [2.05, 4.69) is 4.98 Å². The van der Waals surface area contributed by atoms with E-state index >= 15 is 0 Å². The first kappa shape index (κ1) is 14.4. The minimum Gasteiger partial charge on any atom is -0.466 e. The monoisotopic (exact) mass is 275 g/mol. The van der Waals surface area contributed by atoms with Crippen LogP contribution in [0.3, 0.4) is 0 Å². The number of hydrogen-bond donors (Lipinski definition) is 2. The fraction of sp³-hybridized carbons (Fsp3) is 0.333. The largest absolute Gasteiger partial charge is 0.466 e. The predicted molar refractivity (Wildman–Crippen MR) is 74.0 cm³/mol. The van der Waals surface area contributed by atoms with Crippen molar-refractivity contribution >= 4 is 16.9 Å². The maximum absolute atomic E-state index is 11.3. The minimum absolute atomic E-state index is 0.241. The van der Waals surface area contributed by atoms with Gasteiger partial charge in [0.25, 0.3) is 0 Å². The molecular formula is C15H17NO4. The zero-order chi connectivity index (χ0) is 14.5. The predicted octanol–water partition coefficient (Wildman–Crippen LogP) is 1.58. The average Bonchev–Trinajstić information content (AvgIpc) is 2.46. The quantitative estimate of drug-likeness (QED) is 0.810. The van der Waals surface area contributed by atoms with Gasteiger partial charge in [-0.25, -0.2) is 0 Å². The molecule has 2 atom stereocenters. The molecule has 2 aromatic rings. The molecule has 0 saturated heterocycles. The normalized spacial score (nSPS) is 13.9. The van der Waals surface area contributed by atoms with E-state index in [1.54, 1.807) is 25.3 Å². The van der Waals surface area contributed by atoms with Crippen LogP contribution in [-0.4, -0.2) is 33.9 Å². The van der Waals surface area contributed by atoms with Crippen LogP contribution in [-0.2, 0) is 9.53 Å². The van der Waals surface area contributed by atoms with Crippen LogP contribution >= 0.6 is 0 Å². The summed E-state index contributed by atoms with van der Waals surface area (Å²) in [5.74, 6) is -0.530. The van der Waals surface area contributed by atoms with E-state index in [0.717, 1.165) is 10.9 Å². The maximum Gasteiger partial charge on any atom is 0.308 e. The van der Waals surface area contributed by atoms with Crippen molar-refractivity contribution in [3.63, 3.8) is 0 Å². The lowest BCUT2D eigenvalue weighted by Gasteiger charge is -2.17. The van der Waals surface area contributed by atoms with Crippen molar-refractivity contribution in [2.45, 2.75) is 25.6 Å². The van der Waals surface area contributed by atoms with E-state index < -0.39 is 18.2 Å². The summed E-state index contributed by atoms with van der Waals surface area (Å²) in [6.07, 6.45) is -0.927. The number of ether oxygens (including phenoxy) is 1. The molecule has 5 heteroatoms. The molecule has 20 heavy (non-hydrogen) atoms. The molecule has 5 nitrogen and oxygen atoms in total. The summed E-state index contributed by atoms with van der Waals surface area (Å²) in [7, 11) is 0. The van der Waals surface area contributed by atoms with Crippen molar-refractivity contribution < 1.29 is 19.7 Å². The molecule has 0 amide bonds. The van der Waals surface area contributed by atoms with Crippen LogP contribution in [0.2, 0.25) is 0 Å². The van der Waals surface area contributed by atoms with Gasteiger partial charge in [-0.05, 0) is 24.6 Å². The van der Waals surface area contributed by atoms with E-state index in [-0.39, 0.29) is 13.0 Å². The molecule has 0 radical (unpaired) electrons. The third kappa shape index (κ3) is 3.31. The number of aliphatic hydroxyl groups excluding tert-OH is 2. The first-order valence-corrected chi connectivity index (χ1v) is 6.48. The summed E-state index contributed by atoms with van der Waals surface area (Å²) in [5.41, 5.74) is 1.25. The van der Waals surface area contributed by atoms with Crippen LogP contribution in [0.1, 0.15) is 25.0 Å². The number of aliphatic hydroxyl groups is 2. The SMILES string of the molecule is CCOC(=O)CC(O)C(O)c1ccc2cccnc2c1. The van der Waals surface area contributed by atoms with Gasteiger partial charge in [-0.3, -0.25) is 9.78 Å². The second kappa shape index (κ2) is 6.45. The molecule has 1 heterocycles. The summed E-state index contributed by atoms with van der Waals surface area (Å²) >= 11 is 0. The number of hydrogen-bond acceptors (Lipinski definition) is 5. The number of benzene rings is 1. The molecule has 2 unspecified atom stereocenters. The zero-order valence-corrected chi connectivity index (χ0v) is 11.2. The highest BCUT2D eigenvalue weighted by molar-refractivity contribution is 5.79. The maximum atomic E-state index is 11.3. The van der Waals surface area contributed by atoms with Gasteiger partial charge in [-0.15, -0.1) is 0 Å². The summed E-state index contributed by atoms with van der Waals surface area (Å²) < 4.78 is 4.75. The van der Waals surface area contributed by atoms with E-state index in [0.29, 0.717) is 5.56 Å². The molecule has 2 N–H and O–H groups in total. The lowest BCUT2D eigenvalue weighted by atomic mass is 10.0. The first-order chi connectivity index (χ1) is 9.61. The van der Waals surface area contributed by atoms with Crippen LogP contribution < -0.4 is 0 Å². The lowest BCUT2D eigenvalue weighted by molar-refractivity contribution is -0.147. The Hall–Kier alpha value is -1.98. The second-order valence-electron chi connectivity index (χ2n) is 4.48. The van der Waals surface area contributed by atoms with Crippen molar-refractivity contribution in [3.05, 3.63) is 42.1 Å². The van der Waals surface area contributed by atoms with Gasteiger partial charge in [0, 0.05) is 11.6 Å². The van der Waals surface area contributed by atoms with Crippen molar-refractivity contribution in [2.24, 2.45) is 0 Å². The van der Waals surface area contributed by atoms with Gasteiger partial charge in [0.2, 0.25) is 0 Å². The van der Waals surface area contributed by atoms with Gasteiger partial charge < -0.3 is 14.9 Å². The summed E-state index contributed by atoms with van der Waals surface area (Å²) in [4.78, 5) is 15.5. The van der Waals surface area contributed by atoms with Crippen molar-refractivity contribution in [3.8, 4) is 0 Å². The molecule has 0 bridgehead atoms. The molecule has 1 aromatic carbocycles. The van der Waals surface area contributed by atoms with Gasteiger partial charge in [0.05, 0.1) is 24.6 Å². The number of pyridine rings is 1. The number of carbonyl (C=O) groups excluding carboxylic acids is 1. The van der Waals surface area contributed by atoms with E-state index in [1.807, 2.05) is 18.2 Å². The summed E-state index contributed by atoms with van der Waals surface area (Å²) in [6.45, 7) is 1.94. The molecule has 0 aliphatic carbocycles. The number of esters is 1. The van der Waals surface area contributed by atoms with E-state index in [9.17, 15) is 15.0 Å². The van der Waals surface area contributed by atoms with Crippen molar-refractivity contribution in [1.29, 1.82) is 0 Å². The third-order valence-electron chi connectivity index (χ3n) is 3.02. The molecule has 0 aliphatic heterocycles. The zero-order valence-electron chi connectivity index (χ0n) is 11.2. The molecule has 1 aromatic heterocycles. The van der Waals surface area contributed by atoms with Crippen LogP contribution in [0.5, 0.6) is 0 Å². The van der Waals surface area contributed by atoms with E-state index in [1.165, 1.54) is 0 Å². The Labute approximate surface area is 116 Å². The molecule has 0 spiro atoms. The van der Waals surface area contributed by atoms with Gasteiger partial charge >= 0.3 is 5.97 Å². The van der Waals surface area contributed by atoms with E-state index in [4.69, 9.17) is 4.74 Å². The highest BCUT2D eigenvalue weighted by Crippen LogP contribution is 2.22. The first-order valence-electron chi connectivity index (χ1n) is 6.48. The number of carbonyl (C=O) groups is 1. The number of fused-ring (bicyclic) bond motifs is 1. The molecule has 0 aliphatic rings. The van der Waals surface area contributed by atoms with Gasteiger partial charge in [-0.1, -0.05) is 18.2 Å². The fourth-order valence-corrected chi connectivity index (χ4v) is 1.99. The summed E-state index contributed by atoms with van der Waals surface area (Å²) in [5, 5.41) is 20.9. The number of nitrogens with zero attached hydrogens (tertiary/aromatic N) is 1. The Balaban J connectivity index is 2.13. The lowest BCUT2D eigenvalue weighted by Crippen LogP contribution is -2.23. The number of aromatic nitrogens is 1. The standard InChI is InChI=1S/C15H17NO4/c1-2-20-14(18)9-13(17)15(19)11-6-5-10-4-3-7-16-12(10)8-11/h3-8,13,15,17,19H,2,9H2,1H3. The second-order valence-corrected chi connectivity index (χ2v) is 4.48. The Bertz CT molecular complexity index is 599. The Kier molecular flexibility index (Phi) is 4.65. The Morgan fingerprint density at radius 2 is 2.15 bits per heavy atom. The average molecular weight is 275 g/mol. The van der Waals surface area contributed by atoms with Crippen LogP contribution in [0.25, 0.3) is 10.9 Å². The molecular weight excluding hydrogens is 258 g/mol. The minimum atomic E-state index is -1.20. The topological polar surface area (TPSA) is 79.7 Å². The van der Waals surface area contributed by atoms with Crippen LogP contribution in [0, 0.1) is 0 Å². The number of rotatable bonds is 5. The Morgan fingerprint density at radius 3 is 2.90 bits per heavy atom. The highest BCUT2D eigenvalue weighted by atomic mass is 16.5. The molecule has 2 rings (SSSR count). The van der Waals surface area contributed by atoms with Crippen molar-refractivity contribution in [2.75, 3.05) is 6.61 Å². The van der Waals surface area contributed by atoms with Gasteiger partial charge in [-0.2, -0.15) is 0 Å². The van der Waals surface area contributed by atoms with Gasteiger partial charge in [0.1, 0.15) is 6.10 Å². The third-order valence-corrected chi connectivity index (χ3v) is 3.02. The van der Waals surface area contributed by atoms with Crippen LogP contribution in [0.4, 0.5) is 0 Å². The Morgan fingerprint density at radius 1 is 1.35 bits per heavy atom. The smallest absolute Gasteiger partial charge is 0.308 e. The molecule has 0 saturated carbocycles.